The average molecular weight is 334 g/mol. The summed E-state index contributed by atoms with van der Waals surface area (Å²) in [7, 11) is 0. The lowest BCUT2D eigenvalue weighted by molar-refractivity contribution is -0.126. The van der Waals surface area contributed by atoms with Gasteiger partial charge in [-0.3, -0.25) is 4.79 Å². The van der Waals surface area contributed by atoms with Gasteiger partial charge in [-0.05, 0) is 37.0 Å². The van der Waals surface area contributed by atoms with E-state index in [2.05, 4.69) is 15.5 Å². The number of amides is 1. The molecule has 4 N–H and O–H groups in total. The molecule has 0 radical (unpaired) electrons. The predicted molar refractivity (Wildman–Crippen MR) is 93.3 cm³/mol. The minimum absolute atomic E-state index is 0.00119. The summed E-state index contributed by atoms with van der Waals surface area (Å²) in [5.74, 6) is -0.182. The SMILES string of the molecule is N[C@@H]1CCC[C@@H](C(=O)NCc2ccc(N3CCNCC3)c(F)c2)C1. The van der Waals surface area contributed by atoms with Crippen molar-refractivity contribution in [2.75, 3.05) is 31.1 Å². The van der Waals surface area contributed by atoms with Crippen LogP contribution in [0, 0.1) is 11.7 Å². The predicted octanol–water partition coefficient (Wildman–Crippen LogP) is 1.37. The number of carbonyl (C=O) groups is 1. The number of nitrogens with two attached hydrogens (primary N) is 1. The highest BCUT2D eigenvalue weighted by Crippen LogP contribution is 2.24. The Morgan fingerprint density at radius 3 is 2.83 bits per heavy atom. The molecule has 1 heterocycles. The summed E-state index contributed by atoms with van der Waals surface area (Å²) in [5, 5.41) is 6.19. The number of carbonyl (C=O) groups excluding carboxylic acids is 1. The van der Waals surface area contributed by atoms with Crippen LogP contribution in [0.15, 0.2) is 18.2 Å². The van der Waals surface area contributed by atoms with Gasteiger partial charge in [0.15, 0.2) is 0 Å². The number of nitrogens with zero attached hydrogens (tertiary/aromatic N) is 1. The van der Waals surface area contributed by atoms with Crippen LogP contribution in [0.5, 0.6) is 0 Å². The van der Waals surface area contributed by atoms with Crippen LogP contribution in [0.3, 0.4) is 0 Å². The van der Waals surface area contributed by atoms with Crippen molar-refractivity contribution >= 4 is 11.6 Å². The molecule has 132 valence electrons. The fourth-order valence-electron chi connectivity index (χ4n) is 3.62. The molecular formula is C18H27FN4O. The second kappa shape index (κ2) is 7.94. The van der Waals surface area contributed by atoms with Crippen molar-refractivity contribution in [2.45, 2.75) is 38.3 Å². The fraction of sp³-hybridized carbons (Fsp3) is 0.611. The lowest BCUT2D eigenvalue weighted by Crippen LogP contribution is -2.43. The molecule has 5 nitrogen and oxygen atoms in total. The van der Waals surface area contributed by atoms with Gasteiger partial charge < -0.3 is 21.3 Å². The van der Waals surface area contributed by atoms with Gasteiger partial charge in [-0.15, -0.1) is 0 Å². The van der Waals surface area contributed by atoms with Crippen LogP contribution in [0.2, 0.25) is 0 Å². The van der Waals surface area contributed by atoms with Crippen LogP contribution in [-0.4, -0.2) is 38.1 Å². The number of halogens is 1. The number of anilines is 1. The van der Waals surface area contributed by atoms with E-state index in [1.807, 2.05) is 12.1 Å². The topological polar surface area (TPSA) is 70.4 Å². The molecule has 2 atom stereocenters. The Morgan fingerprint density at radius 1 is 1.33 bits per heavy atom. The Bertz CT molecular complexity index is 574. The lowest BCUT2D eigenvalue weighted by atomic mass is 9.85. The van der Waals surface area contributed by atoms with E-state index in [0.717, 1.165) is 57.4 Å². The van der Waals surface area contributed by atoms with Gasteiger partial charge in [-0.2, -0.15) is 0 Å². The van der Waals surface area contributed by atoms with E-state index >= 15 is 0 Å². The zero-order chi connectivity index (χ0) is 16.9. The number of hydrogen-bond donors (Lipinski definition) is 3. The molecule has 1 aromatic rings. The van der Waals surface area contributed by atoms with Crippen molar-refractivity contribution in [1.29, 1.82) is 0 Å². The normalized spacial score (nSPS) is 24.7. The molecule has 1 saturated heterocycles. The third kappa shape index (κ3) is 4.24. The van der Waals surface area contributed by atoms with E-state index in [-0.39, 0.29) is 23.7 Å². The zero-order valence-corrected chi connectivity index (χ0v) is 14.1. The molecular weight excluding hydrogens is 307 g/mol. The minimum Gasteiger partial charge on any atom is -0.367 e. The molecule has 3 rings (SSSR count). The highest BCUT2D eigenvalue weighted by Gasteiger charge is 2.25. The summed E-state index contributed by atoms with van der Waals surface area (Å²) >= 11 is 0. The summed E-state index contributed by atoms with van der Waals surface area (Å²) in [6.07, 6.45) is 3.66. The summed E-state index contributed by atoms with van der Waals surface area (Å²) in [6, 6.07) is 5.38. The molecule has 0 unspecified atom stereocenters. The number of benzene rings is 1. The second-order valence-corrected chi connectivity index (χ2v) is 6.86. The summed E-state index contributed by atoms with van der Waals surface area (Å²) in [6.45, 7) is 3.74. The van der Waals surface area contributed by atoms with E-state index in [1.165, 1.54) is 6.07 Å². The van der Waals surface area contributed by atoms with Crippen molar-refractivity contribution in [2.24, 2.45) is 11.7 Å². The highest BCUT2D eigenvalue weighted by molar-refractivity contribution is 5.78. The van der Waals surface area contributed by atoms with E-state index in [9.17, 15) is 9.18 Å². The quantitative estimate of drug-likeness (QED) is 0.778. The van der Waals surface area contributed by atoms with Crippen molar-refractivity contribution < 1.29 is 9.18 Å². The average Bonchev–Trinajstić information content (AvgIpc) is 2.60. The first-order valence-corrected chi connectivity index (χ1v) is 8.91. The smallest absolute Gasteiger partial charge is 0.223 e. The minimum atomic E-state index is -0.219. The Balaban J connectivity index is 1.55. The molecule has 1 aromatic carbocycles. The standard InChI is InChI=1S/C18H27FN4O/c19-16-10-13(4-5-17(16)23-8-6-21-7-9-23)12-22-18(24)14-2-1-3-15(20)11-14/h4-5,10,14-15,21H,1-3,6-9,11-12,20H2,(H,22,24)/t14-,15-/m1/s1. The first-order chi connectivity index (χ1) is 11.6. The van der Waals surface area contributed by atoms with Crippen LogP contribution in [0.1, 0.15) is 31.2 Å². The maximum absolute atomic E-state index is 14.4. The zero-order valence-electron chi connectivity index (χ0n) is 14.1. The maximum atomic E-state index is 14.4. The Kier molecular flexibility index (Phi) is 5.68. The van der Waals surface area contributed by atoms with Gasteiger partial charge in [-0.25, -0.2) is 4.39 Å². The molecule has 0 aromatic heterocycles. The number of nitrogens with one attached hydrogen (secondary N) is 2. The second-order valence-electron chi connectivity index (χ2n) is 6.86. The molecule has 1 aliphatic heterocycles. The molecule has 1 amide bonds. The van der Waals surface area contributed by atoms with Gasteiger partial charge in [0.2, 0.25) is 5.91 Å². The Hall–Kier alpha value is -1.66. The Labute approximate surface area is 142 Å². The summed E-state index contributed by atoms with van der Waals surface area (Å²) < 4.78 is 14.4. The number of piperazine rings is 1. The van der Waals surface area contributed by atoms with Crippen molar-refractivity contribution in [3.05, 3.63) is 29.6 Å². The lowest BCUT2D eigenvalue weighted by Gasteiger charge is -2.30. The van der Waals surface area contributed by atoms with Gasteiger partial charge in [0.1, 0.15) is 5.82 Å². The van der Waals surface area contributed by atoms with Crippen molar-refractivity contribution in [1.82, 2.24) is 10.6 Å². The largest absolute Gasteiger partial charge is 0.367 e. The van der Waals surface area contributed by atoms with Gasteiger partial charge in [-0.1, -0.05) is 12.5 Å². The van der Waals surface area contributed by atoms with E-state index < -0.39 is 0 Å². The molecule has 1 aliphatic carbocycles. The molecule has 6 heteroatoms. The van der Waals surface area contributed by atoms with Crippen LogP contribution >= 0.6 is 0 Å². The number of hydrogen-bond acceptors (Lipinski definition) is 4. The molecule has 24 heavy (non-hydrogen) atoms. The van der Waals surface area contributed by atoms with E-state index in [0.29, 0.717) is 12.2 Å². The van der Waals surface area contributed by atoms with Crippen LogP contribution < -0.4 is 21.3 Å². The highest BCUT2D eigenvalue weighted by atomic mass is 19.1. The first kappa shape index (κ1) is 17.2. The summed E-state index contributed by atoms with van der Waals surface area (Å²) in [5.41, 5.74) is 7.37. The molecule has 2 aliphatic rings. The van der Waals surface area contributed by atoms with Gasteiger partial charge >= 0.3 is 0 Å². The van der Waals surface area contributed by atoms with Crippen LogP contribution in [0.25, 0.3) is 0 Å². The van der Waals surface area contributed by atoms with Gasteiger partial charge in [0, 0.05) is 44.7 Å². The van der Waals surface area contributed by atoms with E-state index in [1.54, 1.807) is 0 Å². The maximum Gasteiger partial charge on any atom is 0.223 e. The molecule has 0 bridgehead atoms. The molecule has 2 fully saturated rings. The third-order valence-electron chi connectivity index (χ3n) is 5.02. The van der Waals surface area contributed by atoms with Gasteiger partial charge in [0.25, 0.3) is 0 Å². The first-order valence-electron chi connectivity index (χ1n) is 8.91. The Morgan fingerprint density at radius 2 is 2.12 bits per heavy atom. The number of rotatable bonds is 4. The molecule has 0 spiro atoms. The fourth-order valence-corrected chi connectivity index (χ4v) is 3.62. The van der Waals surface area contributed by atoms with Crippen LogP contribution in [-0.2, 0) is 11.3 Å². The monoisotopic (exact) mass is 334 g/mol. The van der Waals surface area contributed by atoms with Gasteiger partial charge in [0.05, 0.1) is 5.69 Å². The summed E-state index contributed by atoms with van der Waals surface area (Å²) in [4.78, 5) is 14.3. The third-order valence-corrected chi connectivity index (χ3v) is 5.02. The van der Waals surface area contributed by atoms with Crippen molar-refractivity contribution in [3.8, 4) is 0 Å². The van der Waals surface area contributed by atoms with E-state index in [4.69, 9.17) is 5.73 Å². The molecule has 1 saturated carbocycles. The van der Waals surface area contributed by atoms with Crippen LogP contribution in [0.4, 0.5) is 10.1 Å². The van der Waals surface area contributed by atoms with Crippen molar-refractivity contribution in [3.63, 3.8) is 0 Å².